The molecule has 1 aliphatic carbocycles. The SMILES string of the molecule is O=C(O)c1ccc(-c2cccc3c2c(O)cc2oc4cc(=O)ccc-4c(-c4c(Cl)c(Cl)c(Cl)c(Cl)c4C(=O)O)c23)cc1. The van der Waals surface area contributed by atoms with Crippen molar-refractivity contribution in [1.29, 1.82) is 0 Å². The summed E-state index contributed by atoms with van der Waals surface area (Å²) in [4.78, 5) is 36.3. The van der Waals surface area contributed by atoms with Gasteiger partial charge in [0, 0.05) is 39.6 Å². The van der Waals surface area contributed by atoms with Crippen molar-refractivity contribution in [3.05, 3.63) is 108 Å². The molecule has 0 saturated carbocycles. The lowest BCUT2D eigenvalue weighted by atomic mass is 9.87. The second kappa shape index (κ2) is 10.2. The molecule has 0 aromatic heterocycles. The summed E-state index contributed by atoms with van der Waals surface area (Å²) in [6.45, 7) is 0. The molecule has 1 heterocycles. The smallest absolute Gasteiger partial charge is 0.337 e. The van der Waals surface area contributed by atoms with Gasteiger partial charge in [0.2, 0.25) is 0 Å². The third kappa shape index (κ3) is 4.25. The van der Waals surface area contributed by atoms with E-state index in [2.05, 4.69) is 0 Å². The average molecular weight is 640 g/mol. The van der Waals surface area contributed by atoms with E-state index in [1.807, 2.05) is 0 Å². The number of aromatic hydroxyl groups is 1. The molecule has 6 rings (SSSR count). The largest absolute Gasteiger partial charge is 0.507 e. The molecule has 0 fully saturated rings. The van der Waals surface area contributed by atoms with Crippen molar-refractivity contribution >= 4 is 80.1 Å². The van der Waals surface area contributed by atoms with Crippen LogP contribution >= 0.6 is 46.4 Å². The predicted molar refractivity (Wildman–Crippen MR) is 163 cm³/mol. The summed E-state index contributed by atoms with van der Waals surface area (Å²) >= 11 is 25.8. The van der Waals surface area contributed by atoms with Crippen molar-refractivity contribution in [2.75, 3.05) is 0 Å². The van der Waals surface area contributed by atoms with Gasteiger partial charge in [-0.2, -0.15) is 0 Å². The standard InChI is InChI=1S/C31H14Cl4O7/c32-26-24(25(31(40)41)27(33)29(35)28(26)34)23-16-9-8-14(36)10-19(16)42-20-11-18(37)21-15(2-1-3-17(21)22(20)23)12-4-6-13(7-5-12)30(38)39/h1-11,37H,(H,38,39)(H,40,41). The van der Waals surface area contributed by atoms with Crippen LogP contribution in [-0.4, -0.2) is 27.3 Å². The summed E-state index contributed by atoms with van der Waals surface area (Å²) in [7, 11) is 0. The zero-order chi connectivity index (χ0) is 30.0. The Labute approximate surface area is 256 Å². The van der Waals surface area contributed by atoms with Crippen LogP contribution in [-0.2, 0) is 0 Å². The Morgan fingerprint density at radius 2 is 1.38 bits per heavy atom. The van der Waals surface area contributed by atoms with Crippen LogP contribution in [0.1, 0.15) is 20.7 Å². The molecule has 1 aliphatic heterocycles. The fraction of sp³-hybridized carbons (Fsp3) is 0. The summed E-state index contributed by atoms with van der Waals surface area (Å²) in [6.07, 6.45) is 0. The first-order valence-corrected chi connectivity index (χ1v) is 13.6. The first-order chi connectivity index (χ1) is 20.0. The average Bonchev–Trinajstić information content (AvgIpc) is 2.96. The lowest BCUT2D eigenvalue weighted by molar-refractivity contribution is 0.0686. The third-order valence-corrected chi connectivity index (χ3v) is 8.77. The number of carboxylic acids is 2. The highest BCUT2D eigenvalue weighted by Gasteiger charge is 2.31. The van der Waals surface area contributed by atoms with Gasteiger partial charge >= 0.3 is 11.9 Å². The van der Waals surface area contributed by atoms with E-state index in [1.54, 1.807) is 30.3 Å². The van der Waals surface area contributed by atoms with Gasteiger partial charge in [-0.3, -0.25) is 4.79 Å². The number of halogens is 4. The lowest BCUT2D eigenvalue weighted by Crippen LogP contribution is -2.06. The second-order valence-electron chi connectivity index (χ2n) is 9.33. The molecule has 0 radical (unpaired) electrons. The normalized spacial score (nSPS) is 11.4. The van der Waals surface area contributed by atoms with E-state index in [4.69, 9.17) is 50.8 Å². The van der Waals surface area contributed by atoms with Crippen LogP contribution in [0.25, 0.3) is 55.3 Å². The first kappa shape index (κ1) is 27.9. The first-order valence-electron chi connectivity index (χ1n) is 12.1. The summed E-state index contributed by atoms with van der Waals surface area (Å²) in [5.74, 6) is -2.60. The van der Waals surface area contributed by atoms with Crippen LogP contribution in [0.4, 0.5) is 0 Å². The molecule has 2 aliphatic rings. The number of carboxylic acid groups (broad SMARTS) is 2. The van der Waals surface area contributed by atoms with Gasteiger partial charge < -0.3 is 19.7 Å². The van der Waals surface area contributed by atoms with Gasteiger partial charge in [0.25, 0.3) is 0 Å². The molecule has 0 unspecified atom stereocenters. The highest BCUT2D eigenvalue weighted by atomic mass is 35.5. The number of fused-ring (bicyclic) bond motifs is 4. The van der Waals surface area contributed by atoms with Crippen LogP contribution in [0.5, 0.6) is 5.75 Å². The van der Waals surface area contributed by atoms with E-state index in [1.165, 1.54) is 36.4 Å². The number of hydrogen-bond donors (Lipinski definition) is 3. The Kier molecular flexibility index (Phi) is 6.78. The summed E-state index contributed by atoms with van der Waals surface area (Å²) in [5, 5.41) is 31.0. The Balaban J connectivity index is 1.85. The summed E-state index contributed by atoms with van der Waals surface area (Å²) in [5.41, 5.74) is 1.08. The van der Waals surface area contributed by atoms with Crippen LogP contribution in [0, 0.1) is 0 Å². The van der Waals surface area contributed by atoms with Crippen molar-refractivity contribution in [3.63, 3.8) is 0 Å². The van der Waals surface area contributed by atoms with Crippen LogP contribution in [0.3, 0.4) is 0 Å². The van der Waals surface area contributed by atoms with E-state index in [0.717, 1.165) is 0 Å². The molecular formula is C31H14Cl4O7. The fourth-order valence-corrected chi connectivity index (χ4v) is 6.21. The van der Waals surface area contributed by atoms with Crippen molar-refractivity contribution in [2.45, 2.75) is 0 Å². The molecule has 0 amide bonds. The minimum atomic E-state index is -1.43. The molecule has 4 aromatic carbocycles. The molecule has 208 valence electrons. The maximum absolute atomic E-state index is 12.6. The Morgan fingerprint density at radius 1 is 0.690 bits per heavy atom. The topological polar surface area (TPSA) is 125 Å². The highest BCUT2D eigenvalue weighted by molar-refractivity contribution is 6.54. The number of phenols is 1. The molecule has 4 aromatic rings. The molecule has 0 saturated heterocycles. The monoisotopic (exact) mass is 638 g/mol. The second-order valence-corrected chi connectivity index (χ2v) is 10.8. The van der Waals surface area contributed by atoms with Gasteiger partial charge in [-0.25, -0.2) is 9.59 Å². The van der Waals surface area contributed by atoms with Crippen molar-refractivity contribution in [1.82, 2.24) is 0 Å². The Hall–Kier alpha value is -4.27. The number of benzene rings is 5. The van der Waals surface area contributed by atoms with Gasteiger partial charge in [0.15, 0.2) is 5.43 Å². The number of hydrogen-bond acceptors (Lipinski definition) is 5. The lowest BCUT2D eigenvalue weighted by Gasteiger charge is -2.21. The molecular weight excluding hydrogens is 626 g/mol. The molecule has 3 N–H and O–H groups in total. The van der Waals surface area contributed by atoms with Gasteiger partial charge in [-0.1, -0.05) is 76.7 Å². The Morgan fingerprint density at radius 3 is 2.05 bits per heavy atom. The number of phenolic OH excluding ortho intramolecular Hbond substituents is 1. The summed E-state index contributed by atoms with van der Waals surface area (Å²) in [6, 6.07) is 16.6. The van der Waals surface area contributed by atoms with Crippen molar-refractivity contribution in [3.8, 4) is 39.3 Å². The fourth-order valence-electron chi connectivity index (χ4n) is 5.18. The van der Waals surface area contributed by atoms with E-state index in [9.17, 15) is 29.7 Å². The van der Waals surface area contributed by atoms with Gasteiger partial charge in [0.05, 0.1) is 31.2 Å². The van der Waals surface area contributed by atoms with Crippen LogP contribution in [0.15, 0.2) is 75.9 Å². The van der Waals surface area contributed by atoms with E-state index in [0.29, 0.717) is 32.8 Å². The molecule has 11 heteroatoms. The van der Waals surface area contributed by atoms with Gasteiger partial charge in [-0.15, -0.1) is 0 Å². The molecule has 42 heavy (non-hydrogen) atoms. The van der Waals surface area contributed by atoms with Crippen LogP contribution < -0.4 is 5.43 Å². The van der Waals surface area contributed by atoms with E-state index >= 15 is 0 Å². The maximum Gasteiger partial charge on any atom is 0.337 e. The molecule has 0 spiro atoms. The molecule has 7 nitrogen and oxygen atoms in total. The van der Waals surface area contributed by atoms with Crippen molar-refractivity contribution < 1.29 is 29.3 Å². The Bertz CT molecular complexity index is 2170. The van der Waals surface area contributed by atoms with E-state index < -0.39 is 17.5 Å². The maximum atomic E-state index is 12.6. The van der Waals surface area contributed by atoms with Crippen molar-refractivity contribution in [2.24, 2.45) is 0 Å². The summed E-state index contributed by atoms with van der Waals surface area (Å²) < 4.78 is 6.08. The predicted octanol–water partition coefficient (Wildman–Crippen LogP) is 9.10. The highest BCUT2D eigenvalue weighted by Crippen LogP contribution is 2.53. The minimum Gasteiger partial charge on any atom is -0.507 e. The third-order valence-electron chi connectivity index (χ3n) is 6.97. The zero-order valence-electron chi connectivity index (χ0n) is 20.8. The minimum absolute atomic E-state index is 0.0591. The van der Waals surface area contributed by atoms with Crippen LogP contribution in [0.2, 0.25) is 20.1 Å². The number of carbonyl (C=O) groups is 2. The van der Waals surface area contributed by atoms with E-state index in [-0.39, 0.29) is 59.3 Å². The van der Waals surface area contributed by atoms with Gasteiger partial charge in [-0.05, 0) is 40.8 Å². The molecule has 0 atom stereocenters. The molecule has 0 bridgehead atoms. The van der Waals surface area contributed by atoms with Gasteiger partial charge in [0.1, 0.15) is 17.1 Å². The number of rotatable bonds is 4. The number of aromatic carboxylic acids is 2. The quantitative estimate of drug-likeness (QED) is 0.0760. The zero-order valence-corrected chi connectivity index (χ0v) is 23.9.